The number of carbonyl (C=O) groups is 1. The van der Waals surface area contributed by atoms with Gasteiger partial charge in [0.1, 0.15) is 12.4 Å². The van der Waals surface area contributed by atoms with Crippen molar-refractivity contribution >= 4 is 6.16 Å². The summed E-state index contributed by atoms with van der Waals surface area (Å²) in [4.78, 5) is 11.6. The molecule has 11 heteroatoms. The molecule has 2 aromatic rings. The molecule has 0 N–H and O–H groups in total. The third kappa shape index (κ3) is 5.31. The second-order valence-electron chi connectivity index (χ2n) is 8.25. The molecular weight excluding hydrogens is 467 g/mol. The Bertz CT molecular complexity index is 1050. The summed E-state index contributed by atoms with van der Waals surface area (Å²) in [5.74, 6) is -12.8. The highest BCUT2D eigenvalue weighted by Gasteiger charge is 2.48. The van der Waals surface area contributed by atoms with Crippen molar-refractivity contribution in [2.45, 2.75) is 51.8 Å². The van der Waals surface area contributed by atoms with Crippen molar-refractivity contribution in [2.24, 2.45) is 0 Å². The number of ether oxygens (including phenoxy) is 5. The molecule has 1 aliphatic rings. The lowest BCUT2D eigenvalue weighted by molar-refractivity contribution is -0.0513. The van der Waals surface area contributed by atoms with Crippen LogP contribution in [0, 0.1) is 29.1 Å². The van der Waals surface area contributed by atoms with Crippen LogP contribution in [-0.2, 0) is 20.8 Å². The molecule has 0 aliphatic carbocycles. The summed E-state index contributed by atoms with van der Waals surface area (Å²) in [5, 5.41) is 0. The second kappa shape index (κ2) is 9.59. The standard InChI is InChI=1S/C23H21F5O6/c1-22(2)23(3,4)34-14(33-22)9-10-30-13-7-5-12(6-8-13)11-31-21(29)32-20-18(27)16(25)15(24)17(26)19(20)28/h5-10,14H,11H2,1-4H3/b10-9+. The van der Waals surface area contributed by atoms with E-state index >= 15 is 0 Å². The molecule has 2 aromatic carbocycles. The van der Waals surface area contributed by atoms with E-state index in [9.17, 15) is 26.7 Å². The van der Waals surface area contributed by atoms with Gasteiger partial charge in [0.15, 0.2) is 6.29 Å². The van der Waals surface area contributed by atoms with Gasteiger partial charge in [-0.15, -0.1) is 0 Å². The molecule has 34 heavy (non-hydrogen) atoms. The van der Waals surface area contributed by atoms with Gasteiger partial charge in [-0.05, 0) is 45.4 Å². The van der Waals surface area contributed by atoms with E-state index in [0.717, 1.165) is 0 Å². The van der Waals surface area contributed by atoms with E-state index in [2.05, 4.69) is 9.47 Å². The number of hydrogen-bond acceptors (Lipinski definition) is 6. The molecule has 6 nitrogen and oxygen atoms in total. The van der Waals surface area contributed by atoms with Crippen LogP contribution in [0.4, 0.5) is 26.7 Å². The Morgan fingerprint density at radius 1 is 0.882 bits per heavy atom. The molecule has 0 aromatic heterocycles. The van der Waals surface area contributed by atoms with E-state index in [4.69, 9.17) is 14.2 Å². The van der Waals surface area contributed by atoms with Gasteiger partial charge in [-0.2, -0.15) is 8.78 Å². The molecule has 0 radical (unpaired) electrons. The maximum absolute atomic E-state index is 13.6. The van der Waals surface area contributed by atoms with Crippen LogP contribution in [-0.4, -0.2) is 23.6 Å². The Labute approximate surface area is 191 Å². The smallest absolute Gasteiger partial charge is 0.465 e. The van der Waals surface area contributed by atoms with Crippen molar-refractivity contribution in [3.63, 3.8) is 0 Å². The highest BCUT2D eigenvalue weighted by molar-refractivity contribution is 5.64. The predicted octanol–water partition coefficient (Wildman–Crippen LogP) is 5.92. The third-order valence-electron chi connectivity index (χ3n) is 5.35. The molecule has 0 spiro atoms. The van der Waals surface area contributed by atoms with Crippen LogP contribution in [0.2, 0.25) is 0 Å². The average Bonchev–Trinajstić information content (AvgIpc) is 2.99. The predicted molar refractivity (Wildman–Crippen MR) is 107 cm³/mol. The van der Waals surface area contributed by atoms with Crippen LogP contribution in [0.1, 0.15) is 33.3 Å². The highest BCUT2D eigenvalue weighted by Crippen LogP contribution is 2.38. The van der Waals surface area contributed by atoms with E-state index in [1.54, 1.807) is 18.2 Å². The first-order valence-corrected chi connectivity index (χ1v) is 9.96. The van der Waals surface area contributed by atoms with Crippen molar-refractivity contribution in [1.82, 2.24) is 0 Å². The lowest BCUT2D eigenvalue weighted by atomic mass is 9.90. The molecular formula is C23H21F5O6. The Hall–Kier alpha value is -3.18. The van der Waals surface area contributed by atoms with Crippen LogP contribution < -0.4 is 9.47 Å². The zero-order valence-electron chi connectivity index (χ0n) is 18.6. The zero-order chi connectivity index (χ0) is 25.3. The fourth-order valence-corrected chi connectivity index (χ4v) is 2.74. The SMILES string of the molecule is CC1(C)OC(/C=C/Oc2ccc(COC(=O)Oc3c(F)c(F)c(F)c(F)c3F)cc2)OC1(C)C. The Morgan fingerprint density at radius 3 is 1.91 bits per heavy atom. The van der Waals surface area contributed by atoms with E-state index in [0.29, 0.717) is 11.3 Å². The number of hydrogen-bond donors (Lipinski definition) is 0. The average molecular weight is 488 g/mol. The fourth-order valence-electron chi connectivity index (χ4n) is 2.74. The summed E-state index contributed by atoms with van der Waals surface area (Å²) in [6.45, 7) is 7.27. The van der Waals surface area contributed by atoms with Crippen LogP contribution in [0.25, 0.3) is 0 Å². The summed E-state index contributed by atoms with van der Waals surface area (Å²) in [5.41, 5.74) is -0.542. The number of halogens is 5. The Kier molecular flexibility index (Phi) is 7.18. The molecule has 0 atom stereocenters. The molecule has 0 bridgehead atoms. The van der Waals surface area contributed by atoms with Gasteiger partial charge in [0.25, 0.3) is 0 Å². The minimum Gasteiger partial charge on any atom is -0.465 e. The molecule has 1 saturated heterocycles. The molecule has 3 rings (SSSR count). The largest absolute Gasteiger partial charge is 0.514 e. The second-order valence-corrected chi connectivity index (χ2v) is 8.25. The van der Waals surface area contributed by atoms with Crippen molar-refractivity contribution in [3.05, 3.63) is 71.3 Å². The van der Waals surface area contributed by atoms with Crippen LogP contribution in [0.15, 0.2) is 36.6 Å². The quantitative estimate of drug-likeness (QED) is 0.126. The maximum atomic E-state index is 13.6. The first-order valence-electron chi connectivity index (χ1n) is 9.96. The number of benzene rings is 2. The van der Waals surface area contributed by atoms with E-state index in [-0.39, 0.29) is 0 Å². The summed E-state index contributed by atoms with van der Waals surface area (Å²) in [6, 6.07) is 6.12. The topological polar surface area (TPSA) is 63.2 Å². The van der Waals surface area contributed by atoms with Crippen LogP contribution in [0.5, 0.6) is 11.5 Å². The van der Waals surface area contributed by atoms with Gasteiger partial charge in [0.05, 0.1) is 17.5 Å². The van der Waals surface area contributed by atoms with E-state index in [1.165, 1.54) is 18.4 Å². The molecule has 0 saturated carbocycles. The first kappa shape index (κ1) is 25.4. The van der Waals surface area contributed by atoms with Gasteiger partial charge >= 0.3 is 6.16 Å². The van der Waals surface area contributed by atoms with Gasteiger partial charge in [-0.3, -0.25) is 0 Å². The third-order valence-corrected chi connectivity index (χ3v) is 5.35. The normalized spacial score (nSPS) is 17.2. The van der Waals surface area contributed by atoms with Gasteiger partial charge in [-0.25, -0.2) is 18.0 Å². The van der Waals surface area contributed by atoms with Gasteiger partial charge < -0.3 is 23.7 Å². The van der Waals surface area contributed by atoms with Crippen LogP contribution >= 0.6 is 0 Å². The Morgan fingerprint density at radius 2 is 1.38 bits per heavy atom. The fraction of sp³-hybridized carbons (Fsp3) is 0.348. The zero-order valence-corrected chi connectivity index (χ0v) is 18.6. The minimum atomic E-state index is -2.37. The first-order chi connectivity index (χ1) is 15.8. The number of rotatable bonds is 6. The van der Waals surface area contributed by atoms with Crippen molar-refractivity contribution in [2.75, 3.05) is 0 Å². The van der Waals surface area contributed by atoms with Crippen molar-refractivity contribution in [3.8, 4) is 11.5 Å². The molecule has 184 valence electrons. The van der Waals surface area contributed by atoms with Gasteiger partial charge in [-0.1, -0.05) is 12.1 Å². The summed E-state index contributed by atoms with van der Waals surface area (Å²) < 4.78 is 92.3. The molecule has 1 fully saturated rings. The summed E-state index contributed by atoms with van der Waals surface area (Å²) in [6.07, 6.45) is 0.758. The minimum absolute atomic E-state index is 0.404. The molecule has 1 aliphatic heterocycles. The molecule has 0 unspecified atom stereocenters. The lowest BCUT2D eigenvalue weighted by Gasteiger charge is -2.30. The van der Waals surface area contributed by atoms with E-state index in [1.807, 2.05) is 27.7 Å². The Balaban J connectivity index is 1.52. The monoisotopic (exact) mass is 488 g/mol. The van der Waals surface area contributed by atoms with Crippen LogP contribution in [0.3, 0.4) is 0 Å². The van der Waals surface area contributed by atoms with Crippen molar-refractivity contribution in [1.29, 1.82) is 0 Å². The summed E-state index contributed by atoms with van der Waals surface area (Å²) in [7, 11) is 0. The highest BCUT2D eigenvalue weighted by atomic mass is 19.2. The molecule has 0 amide bonds. The van der Waals surface area contributed by atoms with Crippen molar-refractivity contribution < 1.29 is 50.4 Å². The van der Waals surface area contributed by atoms with Gasteiger partial charge in [0, 0.05) is 6.08 Å². The number of carbonyl (C=O) groups excluding carboxylic acids is 1. The van der Waals surface area contributed by atoms with E-state index < -0.39 is 65.1 Å². The maximum Gasteiger partial charge on any atom is 0.514 e. The van der Waals surface area contributed by atoms with Gasteiger partial charge in [0.2, 0.25) is 34.8 Å². The lowest BCUT2D eigenvalue weighted by Crippen LogP contribution is -2.41. The molecule has 1 heterocycles. The summed E-state index contributed by atoms with van der Waals surface area (Å²) >= 11 is 0.